The molecule has 0 bridgehead atoms. The number of hydrogen-bond donors (Lipinski definition) is 2. The summed E-state index contributed by atoms with van der Waals surface area (Å²) in [5.41, 5.74) is 4.08. The van der Waals surface area contributed by atoms with Gasteiger partial charge in [0.2, 0.25) is 12.3 Å². The molecule has 1 fully saturated rings. The van der Waals surface area contributed by atoms with Crippen LogP contribution in [0.4, 0.5) is 0 Å². The molecule has 2 aliphatic rings. The molecule has 0 aliphatic heterocycles. The number of carbonyl (C=O) groups is 4. The number of fused-ring (bicyclic) bond motifs is 1. The van der Waals surface area contributed by atoms with Crippen LogP contribution in [0.2, 0.25) is 0 Å². The maximum Gasteiger partial charge on any atom is 0.244 e. The van der Waals surface area contributed by atoms with Crippen molar-refractivity contribution in [2.45, 2.75) is 114 Å². The number of carbonyl (C=O) groups excluding carboxylic acids is 4. The largest absolute Gasteiger partial charge is 0.295 e. The quantitative estimate of drug-likeness (QED) is 0.165. The standard InChI is InChI=1S/C33H51N3O4/c1-11-29(4,5)14-16-31(8,28(40)36-35-21-37)17-15-30(6,7)33(10)13-12-25-23(3)27(39)24(20-34)19-32(25,9)26(33)18-22(2)38/h18-19,21,23,25H,11-17H2,1-10H3,(H,35,37)(H,36,40)/b26-18-/t23-,25-,31-,32-,33+/m0/s1. The van der Waals surface area contributed by atoms with Crippen LogP contribution in [0.5, 0.6) is 0 Å². The van der Waals surface area contributed by atoms with Gasteiger partial charge in [0.25, 0.3) is 0 Å². The van der Waals surface area contributed by atoms with Gasteiger partial charge >= 0.3 is 0 Å². The Hall–Kier alpha value is -2.75. The molecule has 40 heavy (non-hydrogen) atoms. The van der Waals surface area contributed by atoms with Gasteiger partial charge in [-0.25, -0.2) is 0 Å². The first-order valence-electron chi connectivity index (χ1n) is 14.7. The van der Waals surface area contributed by atoms with E-state index in [0.717, 1.165) is 31.3 Å². The number of nitrogens with zero attached hydrogens (tertiary/aromatic N) is 1. The molecule has 2 N–H and O–H groups in total. The molecule has 2 amide bonds. The van der Waals surface area contributed by atoms with Gasteiger partial charge in [-0.3, -0.25) is 30.0 Å². The van der Waals surface area contributed by atoms with Gasteiger partial charge < -0.3 is 0 Å². The predicted molar refractivity (Wildman–Crippen MR) is 157 cm³/mol. The number of hydrazine groups is 1. The second-order valence-electron chi connectivity index (χ2n) is 14.4. The minimum Gasteiger partial charge on any atom is -0.295 e. The third-order valence-corrected chi connectivity index (χ3v) is 11.0. The van der Waals surface area contributed by atoms with E-state index in [1.54, 1.807) is 13.0 Å². The van der Waals surface area contributed by atoms with E-state index in [2.05, 4.69) is 65.4 Å². The number of Topliss-reactive ketones (excluding diaryl/α,β-unsaturated/α-hetero) is 1. The lowest BCUT2D eigenvalue weighted by Crippen LogP contribution is -2.53. The highest BCUT2D eigenvalue weighted by molar-refractivity contribution is 6.02. The van der Waals surface area contributed by atoms with E-state index in [0.29, 0.717) is 25.7 Å². The summed E-state index contributed by atoms with van der Waals surface area (Å²) in [7, 11) is 0. The fourth-order valence-corrected chi connectivity index (χ4v) is 6.99. The second-order valence-corrected chi connectivity index (χ2v) is 14.4. The number of allylic oxidation sites excluding steroid dienone is 4. The molecule has 0 saturated heterocycles. The van der Waals surface area contributed by atoms with E-state index >= 15 is 0 Å². The van der Waals surface area contributed by atoms with Crippen LogP contribution >= 0.6 is 0 Å². The second kappa shape index (κ2) is 12.0. The topological polar surface area (TPSA) is 116 Å². The Morgan fingerprint density at radius 3 is 2.25 bits per heavy atom. The van der Waals surface area contributed by atoms with Gasteiger partial charge in [-0.2, -0.15) is 5.26 Å². The van der Waals surface area contributed by atoms with Gasteiger partial charge in [-0.1, -0.05) is 80.4 Å². The fraction of sp³-hybridized carbons (Fsp3) is 0.727. The Balaban J connectivity index is 2.53. The molecule has 7 nitrogen and oxygen atoms in total. The summed E-state index contributed by atoms with van der Waals surface area (Å²) in [5.74, 6) is -0.666. The van der Waals surface area contributed by atoms with Crippen molar-refractivity contribution in [2.75, 3.05) is 0 Å². The Morgan fingerprint density at radius 2 is 1.73 bits per heavy atom. The Morgan fingerprint density at radius 1 is 1.12 bits per heavy atom. The van der Waals surface area contributed by atoms with Crippen molar-refractivity contribution < 1.29 is 19.2 Å². The van der Waals surface area contributed by atoms with Crippen LogP contribution in [0, 0.1) is 50.2 Å². The molecule has 0 heterocycles. The third-order valence-electron chi connectivity index (χ3n) is 11.0. The molecule has 0 aromatic rings. The van der Waals surface area contributed by atoms with Gasteiger partial charge in [0.05, 0.1) is 5.57 Å². The van der Waals surface area contributed by atoms with Crippen LogP contribution in [-0.4, -0.2) is 23.9 Å². The molecule has 0 aromatic heterocycles. The van der Waals surface area contributed by atoms with Gasteiger partial charge in [0.1, 0.15) is 6.07 Å². The molecule has 7 heteroatoms. The van der Waals surface area contributed by atoms with Crippen LogP contribution in [0.15, 0.2) is 23.3 Å². The van der Waals surface area contributed by atoms with Crippen molar-refractivity contribution in [1.29, 1.82) is 5.26 Å². The molecule has 222 valence electrons. The summed E-state index contributed by atoms with van der Waals surface area (Å²) >= 11 is 0. The molecule has 2 aliphatic carbocycles. The molecule has 0 radical (unpaired) electrons. The van der Waals surface area contributed by atoms with Crippen molar-refractivity contribution in [3.05, 3.63) is 23.3 Å². The summed E-state index contributed by atoms with van der Waals surface area (Å²) in [6.45, 7) is 20.7. The van der Waals surface area contributed by atoms with Crippen LogP contribution < -0.4 is 10.9 Å². The van der Waals surface area contributed by atoms with Crippen molar-refractivity contribution in [3.63, 3.8) is 0 Å². The number of hydrogen-bond acceptors (Lipinski definition) is 5. The van der Waals surface area contributed by atoms with Crippen LogP contribution in [-0.2, 0) is 19.2 Å². The first-order valence-corrected chi connectivity index (χ1v) is 14.7. The first kappa shape index (κ1) is 33.5. The number of nitriles is 1. The van der Waals surface area contributed by atoms with Gasteiger partial charge in [-0.05, 0) is 73.7 Å². The summed E-state index contributed by atoms with van der Waals surface area (Å²) in [6.07, 6.45) is 9.48. The third kappa shape index (κ3) is 6.42. The van der Waals surface area contributed by atoms with Crippen molar-refractivity contribution in [2.24, 2.45) is 38.9 Å². The van der Waals surface area contributed by atoms with Gasteiger partial charge in [0.15, 0.2) is 11.6 Å². The molecule has 0 aromatic carbocycles. The van der Waals surface area contributed by atoms with E-state index in [1.165, 1.54) is 0 Å². The monoisotopic (exact) mass is 553 g/mol. The highest BCUT2D eigenvalue weighted by Gasteiger charge is 2.58. The minimum atomic E-state index is -0.707. The fourth-order valence-electron chi connectivity index (χ4n) is 6.99. The van der Waals surface area contributed by atoms with Crippen LogP contribution in [0.3, 0.4) is 0 Å². The zero-order chi connectivity index (χ0) is 30.7. The van der Waals surface area contributed by atoms with E-state index in [9.17, 15) is 24.4 Å². The summed E-state index contributed by atoms with van der Waals surface area (Å²) in [4.78, 5) is 49.8. The lowest BCUT2D eigenvalue weighted by molar-refractivity contribution is -0.134. The summed E-state index contributed by atoms with van der Waals surface area (Å²) in [5, 5.41) is 9.76. The number of amides is 2. The average Bonchev–Trinajstić information content (AvgIpc) is 2.89. The minimum absolute atomic E-state index is 0.00769. The molecular formula is C33H51N3O4. The number of rotatable bonds is 12. The summed E-state index contributed by atoms with van der Waals surface area (Å²) < 4.78 is 0. The normalized spacial score (nSPS) is 29.5. The highest BCUT2D eigenvalue weighted by atomic mass is 16.2. The summed E-state index contributed by atoms with van der Waals surface area (Å²) in [6, 6.07) is 2.11. The number of nitrogens with one attached hydrogen (secondary N) is 2. The highest BCUT2D eigenvalue weighted by Crippen LogP contribution is 2.65. The zero-order valence-corrected chi connectivity index (χ0v) is 26.4. The molecule has 1 saturated carbocycles. The Kier molecular flexibility index (Phi) is 10.0. The van der Waals surface area contributed by atoms with Gasteiger partial charge in [-0.15, -0.1) is 0 Å². The molecule has 2 rings (SSSR count). The smallest absolute Gasteiger partial charge is 0.244 e. The Bertz CT molecular complexity index is 1130. The van der Waals surface area contributed by atoms with Gasteiger partial charge in [0, 0.05) is 16.7 Å². The molecule has 0 unspecified atom stereocenters. The van der Waals surface area contributed by atoms with Crippen LogP contribution in [0.25, 0.3) is 0 Å². The lowest BCUT2D eigenvalue weighted by atomic mass is 9.44. The van der Waals surface area contributed by atoms with E-state index in [1.807, 2.05) is 19.9 Å². The maximum absolute atomic E-state index is 13.3. The Labute approximate surface area is 241 Å². The first-order chi connectivity index (χ1) is 18.3. The zero-order valence-electron chi connectivity index (χ0n) is 26.4. The lowest BCUT2D eigenvalue weighted by Gasteiger charge is -2.59. The van der Waals surface area contributed by atoms with E-state index in [-0.39, 0.29) is 45.7 Å². The molecule has 5 atom stereocenters. The van der Waals surface area contributed by atoms with Crippen molar-refractivity contribution in [1.82, 2.24) is 10.9 Å². The molecular weight excluding hydrogens is 502 g/mol. The average molecular weight is 554 g/mol. The van der Waals surface area contributed by atoms with Crippen molar-refractivity contribution in [3.8, 4) is 6.07 Å². The van der Waals surface area contributed by atoms with E-state index in [4.69, 9.17) is 0 Å². The molecule has 0 spiro atoms. The SMILES string of the molecule is CCC(C)(C)CC[C@@](C)(CCC(C)(C)[C@]1(C)CC[C@H]2[C@H](C)C(=O)C(C#N)=C[C@]2(C)/C1=C/C(C)=O)C(=O)NNC=O. The van der Waals surface area contributed by atoms with Crippen LogP contribution in [0.1, 0.15) is 114 Å². The van der Waals surface area contributed by atoms with E-state index < -0.39 is 16.2 Å². The van der Waals surface area contributed by atoms with Crippen molar-refractivity contribution >= 4 is 23.9 Å². The number of ketones is 2. The predicted octanol–water partition coefficient (Wildman–Crippen LogP) is 6.40. The maximum atomic E-state index is 13.3.